The lowest BCUT2D eigenvalue weighted by Gasteiger charge is -2.42. The van der Waals surface area contributed by atoms with Gasteiger partial charge in [0.05, 0.1) is 0 Å². The van der Waals surface area contributed by atoms with Crippen LogP contribution >= 0.6 is 0 Å². The summed E-state index contributed by atoms with van der Waals surface area (Å²) < 4.78 is 124. The monoisotopic (exact) mass is 524 g/mol. The molecule has 3 nitrogen and oxygen atoms in total. The Morgan fingerprint density at radius 2 is 1.07 bits per heavy atom. The van der Waals surface area contributed by atoms with Crippen molar-refractivity contribution in [3.63, 3.8) is 0 Å². The van der Waals surface area contributed by atoms with Crippen molar-refractivity contribution in [1.29, 1.82) is 0 Å². The quantitative estimate of drug-likeness (QED) is 0.202. The third-order valence-electron chi connectivity index (χ3n) is 3.58. The molecule has 0 bridgehead atoms. The fourth-order valence-corrected chi connectivity index (χ4v) is 20.9. The maximum Gasteiger partial charge on any atom is 0.377 e. The Balaban J connectivity index is 5.79. The number of alkyl halides is 8. The van der Waals surface area contributed by atoms with Crippen molar-refractivity contribution in [1.82, 2.24) is 0 Å². The molecule has 0 aromatic rings. The molecular formula is C15H32F8O3Si4. The van der Waals surface area contributed by atoms with Gasteiger partial charge in [-0.1, -0.05) is 0 Å². The summed E-state index contributed by atoms with van der Waals surface area (Å²) in [5.41, 5.74) is 0. The van der Waals surface area contributed by atoms with Crippen LogP contribution in [0.5, 0.6) is 0 Å². The van der Waals surface area contributed by atoms with E-state index < -0.39 is 70.4 Å². The third kappa shape index (κ3) is 8.61. The van der Waals surface area contributed by atoms with Crippen molar-refractivity contribution < 1.29 is 47.5 Å². The van der Waals surface area contributed by atoms with Crippen LogP contribution in [-0.4, -0.2) is 57.9 Å². The molecule has 0 rings (SSSR count). The number of hydrogen-bond acceptors (Lipinski definition) is 3. The highest BCUT2D eigenvalue weighted by atomic mass is 28.5. The predicted octanol–water partition coefficient (Wildman–Crippen LogP) is 7.04. The van der Waals surface area contributed by atoms with Crippen LogP contribution in [0.3, 0.4) is 0 Å². The van der Waals surface area contributed by atoms with E-state index in [0.29, 0.717) is 0 Å². The van der Waals surface area contributed by atoms with Gasteiger partial charge >= 0.3 is 41.3 Å². The summed E-state index contributed by atoms with van der Waals surface area (Å²) in [7, 11) is -11.1. The zero-order valence-corrected chi connectivity index (χ0v) is 22.7. The largest absolute Gasteiger partial charge is 0.437 e. The molecule has 0 aromatic heterocycles. The Labute approximate surface area is 177 Å². The van der Waals surface area contributed by atoms with Crippen LogP contribution in [0, 0.1) is 0 Å². The molecule has 1 atom stereocenters. The minimum absolute atomic E-state index is 0.787. The van der Waals surface area contributed by atoms with Crippen molar-refractivity contribution in [2.45, 2.75) is 95.6 Å². The second kappa shape index (κ2) is 9.21. The second-order valence-electron chi connectivity index (χ2n) is 9.77. The fraction of sp³-hybridized carbons (Fsp3) is 1.00. The molecule has 0 saturated carbocycles. The van der Waals surface area contributed by atoms with E-state index in [2.05, 4.69) is 0 Å². The van der Waals surface area contributed by atoms with Gasteiger partial charge in [0.15, 0.2) is 16.6 Å². The molecule has 0 saturated heterocycles. The van der Waals surface area contributed by atoms with Crippen molar-refractivity contribution in [3.05, 3.63) is 0 Å². The third-order valence-corrected chi connectivity index (χ3v) is 17.0. The van der Waals surface area contributed by atoms with Crippen molar-refractivity contribution in [2.75, 3.05) is 0 Å². The lowest BCUT2D eigenvalue weighted by atomic mass is 10.0. The minimum atomic E-state index is -6.23. The Kier molecular flexibility index (Phi) is 9.26. The van der Waals surface area contributed by atoms with E-state index in [-0.39, 0.29) is 0 Å². The van der Waals surface area contributed by atoms with Crippen LogP contribution in [0.2, 0.25) is 65.0 Å². The topological polar surface area (TPSA) is 27.7 Å². The van der Waals surface area contributed by atoms with Crippen molar-refractivity contribution in [2.24, 2.45) is 0 Å². The molecule has 0 aliphatic rings. The fourth-order valence-electron chi connectivity index (χ4n) is 2.97. The highest BCUT2D eigenvalue weighted by Gasteiger charge is 2.75. The van der Waals surface area contributed by atoms with Gasteiger partial charge in [-0.15, -0.1) is 0 Å². The zero-order chi connectivity index (χ0) is 24.6. The van der Waals surface area contributed by atoms with E-state index in [9.17, 15) is 35.1 Å². The van der Waals surface area contributed by atoms with Gasteiger partial charge in [-0.2, -0.15) is 26.3 Å². The molecule has 0 aromatic carbocycles. The van der Waals surface area contributed by atoms with E-state index in [1.807, 2.05) is 19.6 Å². The van der Waals surface area contributed by atoms with E-state index in [1.165, 1.54) is 6.55 Å². The van der Waals surface area contributed by atoms with E-state index in [4.69, 9.17) is 12.3 Å². The van der Waals surface area contributed by atoms with Crippen LogP contribution in [-0.2, 0) is 12.3 Å². The Morgan fingerprint density at radius 1 is 0.667 bits per heavy atom. The summed E-state index contributed by atoms with van der Waals surface area (Å²) in [6.45, 7) is 15.5. The van der Waals surface area contributed by atoms with Crippen molar-refractivity contribution >= 4 is 33.8 Å². The maximum atomic E-state index is 14.1. The minimum Gasteiger partial charge on any atom is -0.437 e. The molecule has 0 N–H and O–H groups in total. The van der Waals surface area contributed by atoms with Gasteiger partial charge in [0.2, 0.25) is 0 Å². The average molecular weight is 525 g/mol. The first-order valence-electron chi connectivity index (χ1n) is 9.29. The van der Waals surface area contributed by atoms with Crippen LogP contribution < -0.4 is 0 Å². The first kappa shape index (κ1) is 30.2. The molecular weight excluding hydrogens is 492 g/mol. The molecule has 0 radical (unpaired) electrons. The Morgan fingerprint density at radius 3 is 1.40 bits per heavy atom. The highest BCUT2D eigenvalue weighted by molar-refractivity contribution is 6.89. The second-order valence-corrected chi connectivity index (χ2v) is 26.2. The lowest BCUT2D eigenvalue weighted by molar-refractivity contribution is -0.338. The zero-order valence-electron chi connectivity index (χ0n) is 18.7. The first-order chi connectivity index (χ1) is 12.8. The molecule has 0 aliphatic carbocycles. The molecule has 15 heteroatoms. The van der Waals surface area contributed by atoms with Crippen LogP contribution in [0.15, 0.2) is 0 Å². The Hall–Kier alpha value is 0.188. The molecule has 182 valence electrons. The maximum absolute atomic E-state index is 14.1. The highest BCUT2D eigenvalue weighted by Crippen LogP contribution is 2.51. The Bertz CT molecular complexity index is 579. The molecule has 0 aliphatic heterocycles. The lowest BCUT2D eigenvalue weighted by Crippen LogP contribution is -2.60. The van der Waals surface area contributed by atoms with Gasteiger partial charge in [0.1, 0.15) is 0 Å². The van der Waals surface area contributed by atoms with Crippen molar-refractivity contribution in [3.8, 4) is 0 Å². The summed E-state index contributed by atoms with van der Waals surface area (Å²) in [6.07, 6.45) is -6.72. The summed E-state index contributed by atoms with van der Waals surface area (Å²) in [4.78, 5) is 0. The van der Waals surface area contributed by atoms with Gasteiger partial charge in [0.25, 0.3) is 0 Å². The van der Waals surface area contributed by atoms with Crippen LogP contribution in [0.1, 0.15) is 6.42 Å². The van der Waals surface area contributed by atoms with E-state index >= 15 is 0 Å². The summed E-state index contributed by atoms with van der Waals surface area (Å²) >= 11 is 0. The number of hydrogen-bond donors (Lipinski definition) is 0. The molecule has 0 fully saturated rings. The van der Waals surface area contributed by atoms with E-state index in [0.717, 1.165) is 0 Å². The summed E-state index contributed by atoms with van der Waals surface area (Å²) in [5.74, 6) is -17.8. The molecule has 30 heavy (non-hydrogen) atoms. The standard InChI is InChI=1S/C15H32F8O3Si4/c1-27(2,3)24-29(7,8)26-30(9,25-28(4,5)6)11-10-13(18,19)15(22,23)14(20,21)12(16)17/h12H,10-11H2,1-9H3. The summed E-state index contributed by atoms with van der Waals surface area (Å²) in [6, 6.07) is -0.787. The van der Waals surface area contributed by atoms with Gasteiger partial charge in [-0.25, -0.2) is 8.78 Å². The predicted molar refractivity (Wildman–Crippen MR) is 109 cm³/mol. The first-order valence-corrected chi connectivity index (χ1v) is 21.4. The summed E-state index contributed by atoms with van der Waals surface area (Å²) in [5, 5.41) is 0. The smallest absolute Gasteiger partial charge is 0.377 e. The molecule has 0 spiro atoms. The SMILES string of the molecule is C[Si](C)(C)O[Si](C)(C)O[Si](C)(CCC(F)(F)C(F)(F)C(F)(F)C(F)F)O[Si](C)(C)C. The molecule has 1 unspecified atom stereocenters. The molecule has 0 amide bonds. The van der Waals surface area contributed by atoms with Crippen LogP contribution in [0.4, 0.5) is 35.1 Å². The number of rotatable bonds is 12. The number of halogens is 8. The average Bonchev–Trinajstić information content (AvgIpc) is 2.39. The van der Waals surface area contributed by atoms with Crippen LogP contribution in [0.25, 0.3) is 0 Å². The normalized spacial score (nSPS) is 17.4. The van der Waals surface area contributed by atoms with Gasteiger partial charge in [-0.05, 0) is 65.0 Å². The van der Waals surface area contributed by atoms with Gasteiger partial charge in [0, 0.05) is 6.42 Å². The van der Waals surface area contributed by atoms with Gasteiger partial charge < -0.3 is 12.3 Å². The molecule has 0 heterocycles. The van der Waals surface area contributed by atoms with Gasteiger partial charge in [-0.3, -0.25) is 0 Å². The van der Waals surface area contributed by atoms with E-state index in [1.54, 1.807) is 32.7 Å².